The van der Waals surface area contributed by atoms with Gasteiger partial charge in [0.2, 0.25) is 0 Å². The average molecular weight is 268 g/mol. The summed E-state index contributed by atoms with van der Waals surface area (Å²) in [7, 11) is 0. The number of carbonyl (C=O) groups is 1. The number of alkyl halides is 3. The van der Waals surface area contributed by atoms with E-state index < -0.39 is 11.7 Å². The number of hydrogen-bond acceptors (Lipinski definition) is 1. The Labute approximate surface area is 110 Å². The Kier molecular flexibility index (Phi) is 4.08. The van der Waals surface area contributed by atoms with Gasteiger partial charge in [-0.1, -0.05) is 23.8 Å². The van der Waals surface area contributed by atoms with Gasteiger partial charge in [-0.15, -0.1) is 0 Å². The molecular formula is C15H15F3O. The van der Waals surface area contributed by atoms with Gasteiger partial charge < -0.3 is 0 Å². The van der Waals surface area contributed by atoms with Gasteiger partial charge in [0.25, 0.3) is 0 Å². The highest BCUT2D eigenvalue weighted by Gasteiger charge is 2.30. The van der Waals surface area contributed by atoms with Gasteiger partial charge in [0.1, 0.15) is 0 Å². The lowest BCUT2D eigenvalue weighted by molar-refractivity contribution is -0.137. The van der Waals surface area contributed by atoms with Crippen LogP contribution in [0.25, 0.3) is 0 Å². The molecule has 0 heterocycles. The van der Waals surface area contributed by atoms with Crippen molar-refractivity contribution in [1.29, 1.82) is 0 Å². The summed E-state index contributed by atoms with van der Waals surface area (Å²) in [6.45, 7) is 0. The number of benzene rings is 1. The second-order valence-corrected chi connectivity index (χ2v) is 4.79. The number of allylic oxidation sites excluding steroid dienone is 2. The average Bonchev–Trinajstić information content (AvgIpc) is 2.39. The van der Waals surface area contributed by atoms with E-state index in [1.54, 1.807) is 0 Å². The van der Waals surface area contributed by atoms with E-state index in [0.717, 1.165) is 43.4 Å². The molecule has 0 spiro atoms. The summed E-state index contributed by atoms with van der Waals surface area (Å²) < 4.78 is 37.7. The van der Waals surface area contributed by atoms with Crippen molar-refractivity contribution in [2.24, 2.45) is 0 Å². The van der Waals surface area contributed by atoms with Crippen molar-refractivity contribution in [1.82, 2.24) is 0 Å². The molecule has 0 radical (unpaired) electrons. The Morgan fingerprint density at radius 2 is 2.00 bits per heavy atom. The van der Waals surface area contributed by atoms with Crippen LogP contribution in [0.5, 0.6) is 0 Å². The second kappa shape index (κ2) is 5.59. The van der Waals surface area contributed by atoms with E-state index in [1.165, 1.54) is 12.1 Å². The van der Waals surface area contributed by atoms with Crippen molar-refractivity contribution >= 4 is 5.78 Å². The van der Waals surface area contributed by atoms with E-state index in [0.29, 0.717) is 0 Å². The maximum absolute atomic E-state index is 12.6. The molecule has 2 rings (SSSR count). The van der Waals surface area contributed by atoms with E-state index in [4.69, 9.17) is 0 Å². The van der Waals surface area contributed by atoms with Crippen LogP contribution in [0.15, 0.2) is 35.9 Å². The lowest BCUT2D eigenvalue weighted by atomic mass is 9.93. The number of halogens is 3. The van der Waals surface area contributed by atoms with Crippen molar-refractivity contribution in [3.05, 3.63) is 47.0 Å². The maximum atomic E-state index is 12.6. The fraction of sp³-hybridized carbons (Fsp3) is 0.400. The largest absolute Gasteiger partial charge is 0.416 e. The lowest BCUT2D eigenvalue weighted by Crippen LogP contribution is -2.08. The molecule has 1 aromatic carbocycles. The van der Waals surface area contributed by atoms with E-state index in [9.17, 15) is 18.0 Å². The zero-order valence-corrected chi connectivity index (χ0v) is 10.5. The van der Waals surface area contributed by atoms with Crippen LogP contribution in [-0.4, -0.2) is 5.78 Å². The van der Waals surface area contributed by atoms with E-state index in [-0.39, 0.29) is 17.8 Å². The number of hydrogen-bond donors (Lipinski definition) is 0. The molecule has 0 bridgehead atoms. The first-order valence-corrected chi connectivity index (χ1v) is 6.35. The normalized spacial score (nSPS) is 16.1. The molecule has 0 saturated carbocycles. The Morgan fingerprint density at radius 3 is 2.63 bits per heavy atom. The van der Waals surface area contributed by atoms with Crippen LogP contribution in [-0.2, 0) is 6.18 Å². The topological polar surface area (TPSA) is 17.1 Å². The molecule has 1 aliphatic rings. The second-order valence-electron chi connectivity index (χ2n) is 4.79. The molecule has 0 unspecified atom stereocenters. The smallest absolute Gasteiger partial charge is 0.294 e. The monoisotopic (exact) mass is 268 g/mol. The fourth-order valence-corrected chi connectivity index (χ4v) is 2.24. The van der Waals surface area contributed by atoms with Crippen molar-refractivity contribution in [3.63, 3.8) is 0 Å². The Morgan fingerprint density at radius 1 is 1.21 bits per heavy atom. The summed E-state index contributed by atoms with van der Waals surface area (Å²) in [5.74, 6) is -0.237. The highest BCUT2D eigenvalue weighted by atomic mass is 19.4. The highest BCUT2D eigenvalue weighted by Crippen LogP contribution is 2.30. The number of ketones is 1. The number of carbonyl (C=O) groups excluding carboxylic acids is 1. The summed E-state index contributed by atoms with van der Waals surface area (Å²) in [6.07, 6.45) is 1.90. The van der Waals surface area contributed by atoms with E-state index >= 15 is 0 Å². The van der Waals surface area contributed by atoms with Gasteiger partial charge in [-0.05, 0) is 37.8 Å². The molecule has 0 atom stereocenters. The minimum atomic E-state index is -4.40. The van der Waals surface area contributed by atoms with Gasteiger partial charge in [-0.3, -0.25) is 4.79 Å². The predicted octanol–water partition coefficient (Wildman–Crippen LogP) is 4.78. The molecule has 1 aromatic rings. The quantitative estimate of drug-likeness (QED) is 0.569. The number of rotatable bonds is 3. The molecule has 0 saturated heterocycles. The summed E-state index contributed by atoms with van der Waals surface area (Å²) in [4.78, 5) is 12.0. The first-order valence-electron chi connectivity index (χ1n) is 6.35. The minimum Gasteiger partial charge on any atom is -0.294 e. The minimum absolute atomic E-state index is 0.140. The van der Waals surface area contributed by atoms with Crippen LogP contribution >= 0.6 is 0 Å². The van der Waals surface area contributed by atoms with E-state index in [1.807, 2.05) is 6.08 Å². The molecule has 0 aromatic heterocycles. The maximum Gasteiger partial charge on any atom is 0.416 e. The molecule has 0 fully saturated rings. The molecular weight excluding hydrogens is 253 g/mol. The predicted molar refractivity (Wildman–Crippen MR) is 66.9 cm³/mol. The van der Waals surface area contributed by atoms with Gasteiger partial charge in [0, 0.05) is 12.0 Å². The van der Waals surface area contributed by atoms with Crippen LogP contribution in [0.2, 0.25) is 0 Å². The van der Waals surface area contributed by atoms with Gasteiger partial charge in [-0.25, -0.2) is 0 Å². The van der Waals surface area contributed by atoms with Gasteiger partial charge in [0.15, 0.2) is 5.78 Å². The van der Waals surface area contributed by atoms with Crippen LogP contribution in [0.4, 0.5) is 13.2 Å². The van der Waals surface area contributed by atoms with Gasteiger partial charge in [0.05, 0.1) is 5.56 Å². The summed E-state index contributed by atoms with van der Waals surface area (Å²) in [5.41, 5.74) is 0.422. The fourth-order valence-electron chi connectivity index (χ4n) is 2.24. The van der Waals surface area contributed by atoms with Crippen LogP contribution < -0.4 is 0 Å². The molecule has 0 amide bonds. The third kappa shape index (κ3) is 3.69. The number of Topliss-reactive ketones (excluding diaryl/α,β-unsaturated/α-hetero) is 1. The molecule has 19 heavy (non-hydrogen) atoms. The SMILES string of the molecule is O=C(CC1=CCCCC1)c1cccc(C(F)(F)F)c1. The van der Waals surface area contributed by atoms with Crippen molar-refractivity contribution in [3.8, 4) is 0 Å². The van der Waals surface area contributed by atoms with Crippen molar-refractivity contribution in [2.75, 3.05) is 0 Å². The van der Waals surface area contributed by atoms with Crippen LogP contribution in [0.1, 0.15) is 48.0 Å². The third-order valence-electron chi connectivity index (χ3n) is 3.28. The Bertz CT molecular complexity index is 500. The first kappa shape index (κ1) is 13.8. The van der Waals surface area contributed by atoms with E-state index in [2.05, 4.69) is 0 Å². The molecule has 4 heteroatoms. The van der Waals surface area contributed by atoms with Gasteiger partial charge in [-0.2, -0.15) is 13.2 Å². The zero-order chi connectivity index (χ0) is 13.9. The van der Waals surface area contributed by atoms with Crippen molar-refractivity contribution < 1.29 is 18.0 Å². The van der Waals surface area contributed by atoms with Crippen LogP contribution in [0, 0.1) is 0 Å². The standard InChI is InChI=1S/C15H15F3O/c16-15(17,18)13-8-4-7-12(10-13)14(19)9-11-5-2-1-3-6-11/h4-5,7-8,10H,1-3,6,9H2. The Balaban J connectivity index is 2.13. The van der Waals surface area contributed by atoms with Crippen molar-refractivity contribution in [2.45, 2.75) is 38.3 Å². The molecule has 1 nitrogen and oxygen atoms in total. The third-order valence-corrected chi connectivity index (χ3v) is 3.28. The first-order chi connectivity index (χ1) is 8.97. The zero-order valence-electron chi connectivity index (χ0n) is 10.5. The molecule has 0 N–H and O–H groups in total. The highest BCUT2D eigenvalue weighted by molar-refractivity contribution is 5.97. The van der Waals surface area contributed by atoms with Crippen LogP contribution in [0.3, 0.4) is 0 Å². The summed E-state index contributed by atoms with van der Waals surface area (Å²) in [5, 5.41) is 0. The molecule has 1 aliphatic carbocycles. The lowest BCUT2D eigenvalue weighted by Gasteiger charge is -2.12. The van der Waals surface area contributed by atoms with Gasteiger partial charge >= 0.3 is 6.18 Å². The summed E-state index contributed by atoms with van der Waals surface area (Å²) in [6, 6.07) is 4.65. The Hall–Kier alpha value is -1.58. The molecule has 102 valence electrons. The molecule has 0 aliphatic heterocycles. The summed E-state index contributed by atoms with van der Waals surface area (Å²) >= 11 is 0.